The van der Waals surface area contributed by atoms with Gasteiger partial charge in [0.15, 0.2) is 9.84 Å². The van der Waals surface area contributed by atoms with Gasteiger partial charge in [-0.1, -0.05) is 54.6 Å². The van der Waals surface area contributed by atoms with Gasteiger partial charge in [-0.15, -0.1) is 0 Å². The molecule has 8 heteroatoms. The first-order valence-corrected chi connectivity index (χ1v) is 13.7. The topological polar surface area (TPSA) is 93.6 Å². The third-order valence-corrected chi connectivity index (χ3v) is 7.27. The minimum atomic E-state index is -3.40. The fourth-order valence-electron chi connectivity index (χ4n) is 4.48. The lowest BCUT2D eigenvalue weighted by Gasteiger charge is -2.38. The Morgan fingerprint density at radius 3 is 2.31 bits per heavy atom. The third kappa shape index (κ3) is 5.82. The molecule has 2 atom stereocenters. The summed E-state index contributed by atoms with van der Waals surface area (Å²) in [5, 5.41) is 0. The van der Waals surface area contributed by atoms with Crippen LogP contribution in [0.3, 0.4) is 0 Å². The van der Waals surface area contributed by atoms with Crippen LogP contribution in [0.2, 0.25) is 0 Å². The minimum Gasteiger partial charge on any atom is -0.443 e. The maximum atomic E-state index is 13.1. The molecule has 2 amide bonds. The number of aromatic nitrogens is 1. The second kappa shape index (κ2) is 9.85. The van der Waals surface area contributed by atoms with Gasteiger partial charge in [-0.05, 0) is 43.5 Å². The Balaban J connectivity index is 1.74. The van der Waals surface area contributed by atoms with Crippen LogP contribution in [-0.2, 0) is 19.4 Å². The van der Waals surface area contributed by atoms with E-state index in [0.717, 1.165) is 22.9 Å². The molecule has 3 aromatic rings. The molecular formula is C28H30N2O5S. The quantitative estimate of drug-likeness (QED) is 0.484. The van der Waals surface area contributed by atoms with E-state index in [1.165, 1.54) is 11.1 Å². The molecule has 36 heavy (non-hydrogen) atoms. The predicted molar refractivity (Wildman–Crippen MR) is 137 cm³/mol. The van der Waals surface area contributed by atoms with E-state index >= 15 is 0 Å². The van der Waals surface area contributed by atoms with Crippen molar-refractivity contribution in [3.05, 3.63) is 84.2 Å². The number of amides is 2. The van der Waals surface area contributed by atoms with Crippen LogP contribution < -0.4 is 0 Å². The van der Waals surface area contributed by atoms with Gasteiger partial charge in [0.25, 0.3) is 0 Å². The second-order valence-corrected chi connectivity index (χ2v) is 12.1. The summed E-state index contributed by atoms with van der Waals surface area (Å²) in [5.74, 6) is -0.577. The molecule has 0 bridgehead atoms. The molecule has 0 radical (unpaired) electrons. The number of hydrogen-bond acceptors (Lipinski definition) is 6. The van der Waals surface area contributed by atoms with Crippen LogP contribution >= 0.6 is 0 Å². The summed E-state index contributed by atoms with van der Waals surface area (Å²) in [6.07, 6.45) is 3.63. The highest BCUT2D eigenvalue weighted by Gasteiger charge is 2.40. The highest BCUT2D eigenvalue weighted by molar-refractivity contribution is 7.90. The van der Waals surface area contributed by atoms with Crippen LogP contribution in [0.15, 0.2) is 78.0 Å². The summed E-state index contributed by atoms with van der Waals surface area (Å²) in [6, 6.07) is 19.2. The number of ether oxygens (including phenoxy) is 1. The Morgan fingerprint density at radius 2 is 1.64 bits per heavy atom. The van der Waals surface area contributed by atoms with Crippen molar-refractivity contribution in [2.24, 2.45) is 0 Å². The van der Waals surface area contributed by atoms with Gasteiger partial charge >= 0.3 is 6.09 Å². The zero-order valence-electron chi connectivity index (χ0n) is 20.8. The van der Waals surface area contributed by atoms with Gasteiger partial charge in [0.1, 0.15) is 5.60 Å². The number of likely N-dealkylation sites (tertiary alicyclic amines) is 1. The summed E-state index contributed by atoms with van der Waals surface area (Å²) in [5.41, 5.74) is 2.71. The van der Waals surface area contributed by atoms with Crippen LogP contribution in [0, 0.1) is 0 Å². The standard InChI is InChI=1S/C28H30N2O5S/c1-28(2,3)35-27(32)30-18-25(24(15-26(30)31)19-9-6-5-7-10-19)21-12-8-11-20(13-21)22-14-23(17-29-16-22)36(4,33)34/h5-14,16-17,24-25H,15,18H2,1-4H3. The summed E-state index contributed by atoms with van der Waals surface area (Å²) >= 11 is 0. The molecule has 0 aliphatic carbocycles. The van der Waals surface area contributed by atoms with Crippen molar-refractivity contribution in [3.8, 4) is 11.1 Å². The van der Waals surface area contributed by atoms with Crippen molar-refractivity contribution in [3.63, 3.8) is 0 Å². The first-order valence-electron chi connectivity index (χ1n) is 11.8. The molecule has 1 fully saturated rings. The average Bonchev–Trinajstić information content (AvgIpc) is 2.83. The zero-order chi connectivity index (χ0) is 26.1. The Hall–Kier alpha value is -3.52. The van der Waals surface area contributed by atoms with Crippen LogP contribution in [-0.4, -0.2) is 48.7 Å². The molecule has 188 valence electrons. The normalized spacial score (nSPS) is 18.7. The molecule has 4 rings (SSSR count). The molecule has 1 aliphatic rings. The zero-order valence-corrected chi connectivity index (χ0v) is 21.7. The summed E-state index contributed by atoms with van der Waals surface area (Å²) in [7, 11) is -3.40. The monoisotopic (exact) mass is 506 g/mol. The van der Waals surface area contributed by atoms with Gasteiger partial charge in [-0.3, -0.25) is 9.78 Å². The molecule has 0 saturated carbocycles. The molecule has 2 heterocycles. The molecule has 7 nitrogen and oxygen atoms in total. The van der Waals surface area contributed by atoms with Gasteiger partial charge in [0.2, 0.25) is 5.91 Å². The number of benzene rings is 2. The van der Waals surface area contributed by atoms with Crippen LogP contribution in [0.25, 0.3) is 11.1 Å². The van der Waals surface area contributed by atoms with Gasteiger partial charge in [-0.2, -0.15) is 0 Å². The molecule has 0 spiro atoms. The van der Waals surface area contributed by atoms with Crippen LogP contribution in [0.1, 0.15) is 50.2 Å². The van der Waals surface area contributed by atoms with Crippen molar-refractivity contribution in [2.45, 2.75) is 49.5 Å². The largest absolute Gasteiger partial charge is 0.443 e. The fraction of sp³-hybridized carbons (Fsp3) is 0.321. The SMILES string of the molecule is CC(C)(C)OC(=O)N1CC(c2cccc(-c3cncc(S(C)(=O)=O)c3)c2)C(c2ccccc2)CC1=O. The molecule has 0 N–H and O–H groups in total. The number of sulfone groups is 1. The molecule has 2 unspecified atom stereocenters. The van der Waals surface area contributed by atoms with E-state index in [0.29, 0.717) is 5.56 Å². The number of carbonyl (C=O) groups is 2. The first-order chi connectivity index (χ1) is 16.9. The number of imide groups is 1. The molecule has 1 aromatic heterocycles. The fourth-order valence-corrected chi connectivity index (χ4v) is 5.07. The van der Waals surface area contributed by atoms with E-state index in [9.17, 15) is 18.0 Å². The highest BCUT2D eigenvalue weighted by Crippen LogP contribution is 2.41. The van der Waals surface area contributed by atoms with Gasteiger partial charge < -0.3 is 4.74 Å². The number of rotatable bonds is 4. The molecule has 1 aliphatic heterocycles. The number of hydrogen-bond donors (Lipinski definition) is 0. The van der Waals surface area contributed by atoms with Gasteiger partial charge in [0.05, 0.1) is 4.90 Å². The lowest BCUT2D eigenvalue weighted by Crippen LogP contribution is -2.47. The Labute approximate surface area is 212 Å². The summed E-state index contributed by atoms with van der Waals surface area (Å²) < 4.78 is 29.6. The Kier molecular flexibility index (Phi) is 7.00. The van der Waals surface area contributed by atoms with Gasteiger partial charge in [-0.25, -0.2) is 18.1 Å². The molecular weight excluding hydrogens is 476 g/mol. The Bertz CT molecular complexity index is 1380. The predicted octanol–water partition coefficient (Wildman–Crippen LogP) is 5.19. The molecule has 2 aromatic carbocycles. The van der Waals surface area contributed by atoms with E-state index in [-0.39, 0.29) is 35.6 Å². The van der Waals surface area contributed by atoms with E-state index in [1.807, 2.05) is 54.6 Å². The van der Waals surface area contributed by atoms with E-state index in [2.05, 4.69) is 4.98 Å². The van der Waals surface area contributed by atoms with Gasteiger partial charge in [0, 0.05) is 49.0 Å². The number of carbonyl (C=O) groups excluding carboxylic acids is 2. The molecule has 1 saturated heterocycles. The van der Waals surface area contributed by atoms with Crippen molar-refractivity contribution < 1.29 is 22.7 Å². The number of nitrogens with zero attached hydrogens (tertiary/aromatic N) is 2. The van der Waals surface area contributed by atoms with E-state index < -0.39 is 21.5 Å². The summed E-state index contributed by atoms with van der Waals surface area (Å²) in [6.45, 7) is 5.49. The maximum absolute atomic E-state index is 13.1. The maximum Gasteiger partial charge on any atom is 0.417 e. The number of pyridine rings is 1. The van der Waals surface area contributed by atoms with Crippen molar-refractivity contribution in [2.75, 3.05) is 12.8 Å². The smallest absolute Gasteiger partial charge is 0.417 e. The van der Waals surface area contributed by atoms with Crippen LogP contribution in [0.4, 0.5) is 4.79 Å². The minimum absolute atomic E-state index is 0.131. The van der Waals surface area contributed by atoms with Crippen molar-refractivity contribution >= 4 is 21.8 Å². The van der Waals surface area contributed by atoms with Crippen molar-refractivity contribution in [1.29, 1.82) is 0 Å². The lowest BCUT2D eigenvalue weighted by atomic mass is 9.76. The third-order valence-electron chi connectivity index (χ3n) is 6.19. The first kappa shape index (κ1) is 25.6. The lowest BCUT2D eigenvalue weighted by molar-refractivity contribution is -0.133. The number of piperidine rings is 1. The van der Waals surface area contributed by atoms with Crippen molar-refractivity contribution in [1.82, 2.24) is 9.88 Å². The highest BCUT2D eigenvalue weighted by atomic mass is 32.2. The average molecular weight is 507 g/mol. The van der Waals surface area contributed by atoms with E-state index in [4.69, 9.17) is 4.74 Å². The van der Waals surface area contributed by atoms with Crippen LogP contribution in [0.5, 0.6) is 0 Å². The summed E-state index contributed by atoms with van der Waals surface area (Å²) in [4.78, 5) is 31.4. The van der Waals surface area contributed by atoms with E-state index in [1.54, 1.807) is 33.0 Å². The Morgan fingerprint density at radius 1 is 0.944 bits per heavy atom. The second-order valence-electron chi connectivity index (χ2n) is 10.1.